The van der Waals surface area contributed by atoms with Gasteiger partial charge in [0.25, 0.3) is 5.56 Å². The first kappa shape index (κ1) is 17.8. The Balaban J connectivity index is 1.15. The van der Waals surface area contributed by atoms with Gasteiger partial charge in [-0.3, -0.25) is 9.36 Å². The largest absolute Gasteiger partial charge is 0.356 e. The minimum absolute atomic E-state index is 0.0338. The average Bonchev–Trinajstić information content (AvgIpc) is 3.16. The average molecular weight is 424 g/mol. The summed E-state index contributed by atoms with van der Waals surface area (Å²) in [6.45, 7) is 3.94. The summed E-state index contributed by atoms with van der Waals surface area (Å²) in [6.07, 6.45) is 4.96. The van der Waals surface area contributed by atoms with E-state index in [4.69, 9.17) is 16.1 Å². The van der Waals surface area contributed by atoms with Crippen LogP contribution in [0.3, 0.4) is 0 Å². The third-order valence-corrected chi connectivity index (χ3v) is 6.48. The van der Waals surface area contributed by atoms with Gasteiger partial charge in [0.05, 0.1) is 5.56 Å². The van der Waals surface area contributed by atoms with Gasteiger partial charge in [0.1, 0.15) is 18.7 Å². The first-order valence-corrected chi connectivity index (χ1v) is 10.3. The number of rotatable bonds is 4. The molecule has 1 aliphatic carbocycles. The topological polar surface area (TPSA) is 102 Å². The van der Waals surface area contributed by atoms with E-state index in [0.717, 1.165) is 24.7 Å². The molecule has 1 saturated carbocycles. The van der Waals surface area contributed by atoms with E-state index in [1.807, 2.05) is 13.0 Å². The van der Waals surface area contributed by atoms with E-state index in [1.165, 1.54) is 10.9 Å². The monoisotopic (exact) mass is 423 g/mol. The van der Waals surface area contributed by atoms with Gasteiger partial charge in [-0.1, -0.05) is 23.7 Å². The van der Waals surface area contributed by atoms with Gasteiger partial charge in [0.2, 0.25) is 5.89 Å². The Morgan fingerprint density at radius 3 is 2.90 bits per heavy atom. The lowest BCUT2D eigenvalue weighted by atomic mass is 10.1. The van der Waals surface area contributed by atoms with Crippen molar-refractivity contribution in [3.8, 4) is 0 Å². The molecule has 2 fully saturated rings. The number of halogens is 1. The molecule has 0 radical (unpaired) electrons. The third kappa shape index (κ3) is 2.76. The number of hydrogen-bond donors (Lipinski definition) is 0. The molecule has 152 valence electrons. The summed E-state index contributed by atoms with van der Waals surface area (Å²) in [4.78, 5) is 32.4. The number of aromatic nitrogens is 5. The quantitative estimate of drug-likeness (QED) is 0.634. The van der Waals surface area contributed by atoms with Crippen LogP contribution in [0.4, 0.5) is 11.6 Å². The Morgan fingerprint density at radius 1 is 1.27 bits per heavy atom. The molecule has 1 saturated heterocycles. The third-order valence-electron chi connectivity index (χ3n) is 6.24. The Kier molecular flexibility index (Phi) is 3.83. The van der Waals surface area contributed by atoms with E-state index in [1.54, 1.807) is 18.5 Å². The number of hydrogen-bond acceptors (Lipinski definition) is 8. The summed E-state index contributed by atoms with van der Waals surface area (Å²) in [5.41, 5.74) is 0.501. The highest BCUT2D eigenvalue weighted by molar-refractivity contribution is 6.30. The van der Waals surface area contributed by atoms with Crippen molar-refractivity contribution >= 4 is 29.5 Å². The molecule has 3 aromatic heterocycles. The smallest absolute Gasteiger partial charge is 0.259 e. The molecule has 0 N–H and O–H groups in total. The van der Waals surface area contributed by atoms with Gasteiger partial charge >= 0.3 is 0 Å². The van der Waals surface area contributed by atoms with Crippen LogP contribution in [0.15, 0.2) is 39.0 Å². The van der Waals surface area contributed by atoms with Crippen LogP contribution >= 0.6 is 11.6 Å². The maximum Gasteiger partial charge on any atom is 0.259 e. The summed E-state index contributed by atoms with van der Waals surface area (Å²) in [5.74, 6) is 3.77. The van der Waals surface area contributed by atoms with Crippen molar-refractivity contribution in [2.24, 2.45) is 16.8 Å². The summed E-state index contributed by atoms with van der Waals surface area (Å²) in [5, 5.41) is 4.88. The zero-order valence-electron chi connectivity index (χ0n) is 16.1. The molecule has 0 bridgehead atoms. The molecule has 2 unspecified atom stereocenters. The van der Waals surface area contributed by atoms with Crippen LogP contribution in [-0.4, -0.2) is 44.0 Å². The Labute approximate surface area is 176 Å². The molecule has 0 amide bonds. The highest BCUT2D eigenvalue weighted by atomic mass is 35.5. The van der Waals surface area contributed by atoms with Crippen molar-refractivity contribution in [1.82, 2.24) is 24.7 Å². The van der Waals surface area contributed by atoms with Crippen LogP contribution < -0.4 is 10.5 Å². The second-order valence-corrected chi connectivity index (χ2v) is 8.56. The molecule has 3 aliphatic rings. The van der Waals surface area contributed by atoms with E-state index in [2.05, 4.69) is 30.0 Å². The fourth-order valence-corrected chi connectivity index (χ4v) is 4.80. The van der Waals surface area contributed by atoms with Crippen LogP contribution in [0.2, 0.25) is 5.02 Å². The highest BCUT2D eigenvalue weighted by Gasteiger charge is 2.58. The SMILES string of the molecule is CC1C=Nc2ncn(Cc3nc(C4[C@H]5CN(c6cc(Cl)ccn6)C[C@@H]45)no3)c(=O)c21. The number of anilines is 1. The summed E-state index contributed by atoms with van der Waals surface area (Å²) in [7, 11) is 0. The number of aliphatic imine (C=N–C) groups is 1. The van der Waals surface area contributed by atoms with Gasteiger partial charge in [0.15, 0.2) is 11.6 Å². The van der Waals surface area contributed by atoms with Gasteiger partial charge < -0.3 is 9.42 Å². The van der Waals surface area contributed by atoms with Crippen molar-refractivity contribution in [2.75, 3.05) is 18.0 Å². The first-order chi connectivity index (χ1) is 14.6. The van der Waals surface area contributed by atoms with Crippen LogP contribution in [0.1, 0.15) is 36.0 Å². The molecular weight excluding hydrogens is 406 g/mol. The second-order valence-electron chi connectivity index (χ2n) is 8.12. The molecule has 6 rings (SSSR count). The first-order valence-electron chi connectivity index (χ1n) is 9.91. The lowest BCUT2D eigenvalue weighted by molar-refractivity contribution is 0.363. The Hall–Kier alpha value is -3.07. The molecule has 4 atom stereocenters. The molecular formula is C20H18ClN7O2. The number of nitrogens with zero attached hydrogens (tertiary/aromatic N) is 7. The molecule has 9 nitrogen and oxygen atoms in total. The van der Waals surface area contributed by atoms with E-state index in [0.29, 0.717) is 40.0 Å². The van der Waals surface area contributed by atoms with Crippen molar-refractivity contribution in [3.63, 3.8) is 0 Å². The fraction of sp³-hybridized carbons (Fsp3) is 0.400. The van der Waals surface area contributed by atoms with E-state index >= 15 is 0 Å². The number of pyridine rings is 1. The normalized spacial score (nSPS) is 26.1. The summed E-state index contributed by atoms with van der Waals surface area (Å²) < 4.78 is 6.94. The van der Waals surface area contributed by atoms with Gasteiger partial charge in [-0.05, 0) is 24.0 Å². The summed E-state index contributed by atoms with van der Waals surface area (Å²) in [6, 6.07) is 3.67. The predicted octanol–water partition coefficient (Wildman–Crippen LogP) is 2.39. The lowest BCUT2D eigenvalue weighted by Crippen LogP contribution is -2.25. The van der Waals surface area contributed by atoms with Crippen molar-refractivity contribution < 1.29 is 4.52 Å². The number of fused-ring (bicyclic) bond motifs is 2. The van der Waals surface area contributed by atoms with Crippen molar-refractivity contribution in [2.45, 2.75) is 25.3 Å². The predicted molar refractivity (Wildman–Crippen MR) is 110 cm³/mol. The minimum Gasteiger partial charge on any atom is -0.356 e. The lowest BCUT2D eigenvalue weighted by Gasteiger charge is -2.20. The molecule has 30 heavy (non-hydrogen) atoms. The van der Waals surface area contributed by atoms with E-state index < -0.39 is 0 Å². The van der Waals surface area contributed by atoms with Gasteiger partial charge in [0, 0.05) is 42.4 Å². The molecule has 3 aromatic rings. The molecule has 2 aliphatic heterocycles. The van der Waals surface area contributed by atoms with Gasteiger partial charge in [-0.15, -0.1) is 0 Å². The van der Waals surface area contributed by atoms with Crippen molar-refractivity contribution in [3.05, 3.63) is 57.3 Å². The zero-order chi connectivity index (χ0) is 20.4. The maximum atomic E-state index is 12.7. The molecule has 5 heterocycles. The minimum atomic E-state index is -0.113. The maximum absolute atomic E-state index is 12.7. The van der Waals surface area contributed by atoms with Gasteiger partial charge in [-0.25, -0.2) is 15.0 Å². The van der Waals surface area contributed by atoms with Gasteiger partial charge in [-0.2, -0.15) is 4.98 Å². The Morgan fingerprint density at radius 2 is 2.10 bits per heavy atom. The number of piperidine rings is 1. The second kappa shape index (κ2) is 6.46. The van der Waals surface area contributed by atoms with E-state index in [-0.39, 0.29) is 18.0 Å². The fourth-order valence-electron chi connectivity index (χ4n) is 4.64. The molecule has 10 heteroatoms. The highest BCUT2D eigenvalue weighted by Crippen LogP contribution is 2.57. The van der Waals surface area contributed by atoms with Crippen LogP contribution in [0.5, 0.6) is 0 Å². The molecule has 0 aromatic carbocycles. The van der Waals surface area contributed by atoms with E-state index in [9.17, 15) is 4.79 Å². The van der Waals surface area contributed by atoms with Crippen LogP contribution in [-0.2, 0) is 6.54 Å². The van der Waals surface area contributed by atoms with Crippen molar-refractivity contribution in [1.29, 1.82) is 0 Å². The van der Waals surface area contributed by atoms with Crippen LogP contribution in [0, 0.1) is 11.8 Å². The standard InChI is InChI=1S/C20H18ClN7O2/c1-10-5-23-18-16(10)20(29)28(9-24-18)8-15-25-19(26-30-15)17-12-6-27(7-13(12)17)14-4-11(21)2-3-22-14/h2-5,9-10,12-13,17H,6-8H2,1H3/t10?,12-,13+,17?. The molecule has 0 spiro atoms. The zero-order valence-corrected chi connectivity index (χ0v) is 16.9. The Bertz CT molecular complexity index is 1220. The van der Waals surface area contributed by atoms with Crippen LogP contribution in [0.25, 0.3) is 0 Å². The summed E-state index contributed by atoms with van der Waals surface area (Å²) >= 11 is 6.08.